The average Bonchev–Trinajstić information content (AvgIpc) is 2.63. The predicted molar refractivity (Wildman–Crippen MR) is 66.6 cm³/mol. The van der Waals surface area contributed by atoms with Crippen LogP contribution in [0.3, 0.4) is 0 Å². The van der Waals surface area contributed by atoms with E-state index in [1.807, 2.05) is 18.7 Å². The molecule has 0 aromatic carbocycles. The van der Waals surface area contributed by atoms with Gasteiger partial charge in [0, 0.05) is 25.0 Å². The van der Waals surface area contributed by atoms with Crippen LogP contribution in [0, 0.1) is 0 Å². The van der Waals surface area contributed by atoms with Gasteiger partial charge in [0.2, 0.25) is 5.91 Å². The summed E-state index contributed by atoms with van der Waals surface area (Å²) in [5.74, 6) is 0.205. The predicted octanol–water partition coefficient (Wildman–Crippen LogP) is 1.28. The molecule has 1 aliphatic heterocycles. The molecule has 17 heavy (non-hydrogen) atoms. The SMILES string of the molecule is CC1CN(C(=O)CC2(N)CCCC2)CC(C)O1. The van der Waals surface area contributed by atoms with Crippen molar-refractivity contribution in [2.75, 3.05) is 13.1 Å². The van der Waals surface area contributed by atoms with Crippen LogP contribution in [0.4, 0.5) is 0 Å². The van der Waals surface area contributed by atoms with Crippen LogP contribution in [0.25, 0.3) is 0 Å². The van der Waals surface area contributed by atoms with Crippen molar-refractivity contribution < 1.29 is 9.53 Å². The Hall–Kier alpha value is -0.610. The van der Waals surface area contributed by atoms with Gasteiger partial charge in [-0.05, 0) is 26.7 Å². The molecule has 1 saturated carbocycles. The summed E-state index contributed by atoms with van der Waals surface area (Å²) in [6.07, 6.45) is 5.11. The minimum atomic E-state index is -0.234. The van der Waals surface area contributed by atoms with Crippen LogP contribution >= 0.6 is 0 Å². The van der Waals surface area contributed by atoms with E-state index in [1.54, 1.807) is 0 Å². The van der Waals surface area contributed by atoms with E-state index < -0.39 is 0 Å². The largest absolute Gasteiger partial charge is 0.372 e. The van der Waals surface area contributed by atoms with Crippen molar-refractivity contribution in [3.63, 3.8) is 0 Å². The topological polar surface area (TPSA) is 55.6 Å². The fourth-order valence-corrected chi connectivity index (χ4v) is 3.05. The van der Waals surface area contributed by atoms with Crippen LogP contribution in [0.1, 0.15) is 46.0 Å². The van der Waals surface area contributed by atoms with Crippen molar-refractivity contribution in [3.05, 3.63) is 0 Å². The number of carbonyl (C=O) groups excluding carboxylic acids is 1. The molecule has 1 saturated heterocycles. The lowest BCUT2D eigenvalue weighted by atomic mass is 9.94. The molecule has 1 aliphatic carbocycles. The van der Waals surface area contributed by atoms with Gasteiger partial charge in [0.25, 0.3) is 0 Å². The number of nitrogens with zero attached hydrogens (tertiary/aromatic N) is 1. The van der Waals surface area contributed by atoms with E-state index in [0.717, 1.165) is 12.8 Å². The third-order valence-corrected chi connectivity index (χ3v) is 3.87. The van der Waals surface area contributed by atoms with Crippen molar-refractivity contribution in [2.45, 2.75) is 63.7 Å². The van der Waals surface area contributed by atoms with Crippen molar-refractivity contribution in [1.82, 2.24) is 4.90 Å². The second-order valence-electron chi connectivity index (χ2n) is 5.80. The lowest BCUT2D eigenvalue weighted by Crippen LogP contribution is -2.51. The van der Waals surface area contributed by atoms with Crippen LogP contribution in [0.15, 0.2) is 0 Å². The standard InChI is InChI=1S/C13H24N2O2/c1-10-8-15(9-11(2)17-10)12(16)7-13(14)5-3-4-6-13/h10-11H,3-9,14H2,1-2H3. The monoisotopic (exact) mass is 240 g/mol. The van der Waals surface area contributed by atoms with Gasteiger partial charge in [0.1, 0.15) is 0 Å². The smallest absolute Gasteiger partial charge is 0.224 e. The van der Waals surface area contributed by atoms with E-state index in [-0.39, 0.29) is 23.7 Å². The second-order valence-corrected chi connectivity index (χ2v) is 5.80. The number of amides is 1. The number of hydrogen-bond acceptors (Lipinski definition) is 3. The number of hydrogen-bond donors (Lipinski definition) is 1. The van der Waals surface area contributed by atoms with Gasteiger partial charge < -0.3 is 15.4 Å². The lowest BCUT2D eigenvalue weighted by molar-refractivity contribution is -0.144. The maximum absolute atomic E-state index is 12.2. The Bertz CT molecular complexity index is 277. The molecule has 2 N–H and O–H groups in total. The third-order valence-electron chi connectivity index (χ3n) is 3.87. The van der Waals surface area contributed by atoms with Crippen LogP contribution < -0.4 is 5.73 Å². The summed E-state index contributed by atoms with van der Waals surface area (Å²) < 4.78 is 5.64. The summed E-state index contributed by atoms with van der Waals surface area (Å²) in [6, 6.07) is 0. The lowest BCUT2D eigenvalue weighted by Gasteiger charge is -2.37. The van der Waals surface area contributed by atoms with Gasteiger partial charge >= 0.3 is 0 Å². The Labute approximate surface area is 103 Å². The molecule has 0 radical (unpaired) electrons. The van der Waals surface area contributed by atoms with Crippen LogP contribution in [-0.4, -0.2) is 41.6 Å². The highest BCUT2D eigenvalue weighted by Gasteiger charge is 2.35. The molecule has 2 aliphatic rings. The number of rotatable bonds is 2. The molecule has 2 unspecified atom stereocenters. The van der Waals surface area contributed by atoms with E-state index in [0.29, 0.717) is 19.5 Å². The Morgan fingerprint density at radius 3 is 2.35 bits per heavy atom. The first-order valence-corrected chi connectivity index (χ1v) is 6.71. The molecular formula is C13H24N2O2. The first kappa shape index (κ1) is 12.8. The quantitative estimate of drug-likeness (QED) is 0.791. The third kappa shape index (κ3) is 3.19. The zero-order chi connectivity index (χ0) is 12.5. The Morgan fingerprint density at radius 2 is 1.82 bits per heavy atom. The molecule has 4 heteroatoms. The van der Waals surface area contributed by atoms with Gasteiger partial charge in [-0.1, -0.05) is 12.8 Å². The molecular weight excluding hydrogens is 216 g/mol. The normalized spacial score (nSPS) is 32.8. The second kappa shape index (κ2) is 4.94. The van der Waals surface area contributed by atoms with Gasteiger partial charge in [-0.15, -0.1) is 0 Å². The van der Waals surface area contributed by atoms with Gasteiger partial charge in [0.05, 0.1) is 12.2 Å². The Kier molecular flexibility index (Phi) is 3.73. The van der Waals surface area contributed by atoms with Gasteiger partial charge in [-0.3, -0.25) is 4.79 Å². The van der Waals surface area contributed by atoms with Gasteiger partial charge in [-0.25, -0.2) is 0 Å². The van der Waals surface area contributed by atoms with Crippen molar-refractivity contribution >= 4 is 5.91 Å². The minimum Gasteiger partial charge on any atom is -0.372 e. The first-order chi connectivity index (χ1) is 7.98. The van der Waals surface area contributed by atoms with E-state index >= 15 is 0 Å². The van der Waals surface area contributed by atoms with Crippen molar-refractivity contribution in [3.8, 4) is 0 Å². The zero-order valence-corrected chi connectivity index (χ0v) is 10.9. The Balaban J connectivity index is 1.90. The summed E-state index contributed by atoms with van der Waals surface area (Å²) >= 11 is 0. The molecule has 98 valence electrons. The van der Waals surface area contributed by atoms with Crippen molar-refractivity contribution in [1.29, 1.82) is 0 Å². The molecule has 4 nitrogen and oxygen atoms in total. The Morgan fingerprint density at radius 1 is 1.29 bits per heavy atom. The van der Waals surface area contributed by atoms with E-state index in [4.69, 9.17) is 10.5 Å². The van der Waals surface area contributed by atoms with E-state index in [2.05, 4.69) is 0 Å². The fraction of sp³-hybridized carbons (Fsp3) is 0.923. The van der Waals surface area contributed by atoms with E-state index in [1.165, 1.54) is 12.8 Å². The van der Waals surface area contributed by atoms with E-state index in [9.17, 15) is 4.79 Å². The first-order valence-electron chi connectivity index (χ1n) is 6.71. The number of morpholine rings is 1. The number of nitrogens with two attached hydrogens (primary N) is 1. The molecule has 2 atom stereocenters. The van der Waals surface area contributed by atoms with Crippen molar-refractivity contribution in [2.24, 2.45) is 5.73 Å². The fourth-order valence-electron chi connectivity index (χ4n) is 3.05. The highest BCUT2D eigenvalue weighted by Crippen LogP contribution is 2.30. The number of carbonyl (C=O) groups is 1. The summed E-state index contributed by atoms with van der Waals surface area (Å²) in [5, 5.41) is 0. The molecule has 2 rings (SSSR count). The number of ether oxygens (including phenoxy) is 1. The summed E-state index contributed by atoms with van der Waals surface area (Å²) in [7, 11) is 0. The van der Waals surface area contributed by atoms with Crippen LogP contribution in [-0.2, 0) is 9.53 Å². The molecule has 0 aromatic heterocycles. The highest BCUT2D eigenvalue weighted by molar-refractivity contribution is 5.77. The van der Waals surface area contributed by atoms with Gasteiger partial charge in [-0.2, -0.15) is 0 Å². The molecule has 1 amide bonds. The maximum Gasteiger partial charge on any atom is 0.224 e. The summed E-state index contributed by atoms with van der Waals surface area (Å²) in [4.78, 5) is 14.2. The van der Waals surface area contributed by atoms with Gasteiger partial charge in [0.15, 0.2) is 0 Å². The molecule has 1 heterocycles. The summed E-state index contributed by atoms with van der Waals surface area (Å²) in [5.41, 5.74) is 6.02. The van der Waals surface area contributed by atoms with Crippen LogP contribution in [0.2, 0.25) is 0 Å². The average molecular weight is 240 g/mol. The van der Waals surface area contributed by atoms with Crippen LogP contribution in [0.5, 0.6) is 0 Å². The summed E-state index contributed by atoms with van der Waals surface area (Å²) in [6.45, 7) is 5.45. The zero-order valence-electron chi connectivity index (χ0n) is 10.9. The maximum atomic E-state index is 12.2. The molecule has 2 fully saturated rings. The molecule has 0 spiro atoms. The minimum absolute atomic E-state index is 0.139. The highest BCUT2D eigenvalue weighted by atomic mass is 16.5. The molecule has 0 aromatic rings. The molecule has 0 bridgehead atoms.